The first-order valence-electron chi connectivity index (χ1n) is 8.88. The second-order valence-electron chi connectivity index (χ2n) is 6.30. The molecular formula is C21H20N6. The van der Waals surface area contributed by atoms with E-state index < -0.39 is 0 Å². The van der Waals surface area contributed by atoms with Gasteiger partial charge < -0.3 is 0 Å². The van der Waals surface area contributed by atoms with Crippen molar-refractivity contribution >= 4 is 6.21 Å². The molecule has 0 N–H and O–H groups in total. The molecule has 4 aromatic rings. The second-order valence-corrected chi connectivity index (χ2v) is 6.30. The highest BCUT2D eigenvalue weighted by Crippen LogP contribution is 2.24. The van der Waals surface area contributed by atoms with Crippen LogP contribution in [0.25, 0.3) is 16.9 Å². The van der Waals surface area contributed by atoms with Gasteiger partial charge >= 0.3 is 0 Å². The van der Waals surface area contributed by atoms with Crippen LogP contribution in [0.3, 0.4) is 0 Å². The summed E-state index contributed by atoms with van der Waals surface area (Å²) in [6.07, 6.45) is 7.91. The van der Waals surface area contributed by atoms with E-state index in [9.17, 15) is 0 Å². The Labute approximate surface area is 157 Å². The highest BCUT2D eigenvalue weighted by molar-refractivity contribution is 5.88. The van der Waals surface area contributed by atoms with Crippen molar-refractivity contribution in [2.45, 2.75) is 20.3 Å². The Morgan fingerprint density at radius 1 is 1.00 bits per heavy atom. The zero-order valence-corrected chi connectivity index (χ0v) is 15.3. The van der Waals surface area contributed by atoms with Gasteiger partial charge in [-0.1, -0.05) is 49.4 Å². The maximum Gasteiger partial charge on any atom is 0.141 e. The van der Waals surface area contributed by atoms with Crippen molar-refractivity contribution in [3.63, 3.8) is 0 Å². The number of para-hydroxylation sites is 1. The van der Waals surface area contributed by atoms with Crippen LogP contribution in [0.5, 0.6) is 0 Å². The van der Waals surface area contributed by atoms with Crippen molar-refractivity contribution in [1.82, 2.24) is 24.7 Å². The molecule has 2 heterocycles. The molecular weight excluding hydrogens is 336 g/mol. The zero-order valence-electron chi connectivity index (χ0n) is 15.3. The van der Waals surface area contributed by atoms with E-state index in [1.165, 1.54) is 5.56 Å². The van der Waals surface area contributed by atoms with Crippen LogP contribution in [0, 0.1) is 6.92 Å². The van der Waals surface area contributed by atoms with E-state index in [2.05, 4.69) is 65.5 Å². The lowest BCUT2D eigenvalue weighted by molar-refractivity contribution is 0.874. The van der Waals surface area contributed by atoms with Gasteiger partial charge in [-0.15, -0.1) is 10.2 Å². The van der Waals surface area contributed by atoms with E-state index >= 15 is 0 Å². The molecule has 0 aliphatic rings. The van der Waals surface area contributed by atoms with Gasteiger partial charge in [0, 0.05) is 17.3 Å². The third-order valence-corrected chi connectivity index (χ3v) is 4.48. The van der Waals surface area contributed by atoms with Crippen molar-refractivity contribution in [3.8, 4) is 16.9 Å². The molecule has 0 radical (unpaired) electrons. The Hall–Kier alpha value is -3.54. The molecule has 0 saturated carbocycles. The van der Waals surface area contributed by atoms with E-state index in [-0.39, 0.29) is 0 Å². The molecule has 0 bridgehead atoms. The fraction of sp³-hybridized carbons (Fsp3) is 0.143. The minimum atomic E-state index is 0.887. The van der Waals surface area contributed by atoms with Gasteiger partial charge in [0.25, 0.3) is 0 Å². The van der Waals surface area contributed by atoms with Crippen molar-refractivity contribution in [2.24, 2.45) is 5.10 Å². The van der Waals surface area contributed by atoms with Gasteiger partial charge in [0.1, 0.15) is 18.3 Å². The van der Waals surface area contributed by atoms with Gasteiger partial charge in [-0.05, 0) is 30.5 Å². The van der Waals surface area contributed by atoms with Crippen molar-refractivity contribution in [2.75, 3.05) is 0 Å². The van der Waals surface area contributed by atoms with Crippen LogP contribution in [0.4, 0.5) is 0 Å². The molecule has 4 rings (SSSR count). The molecule has 0 spiro atoms. The van der Waals surface area contributed by atoms with Crippen LogP contribution in [-0.2, 0) is 6.42 Å². The van der Waals surface area contributed by atoms with Gasteiger partial charge in [0.15, 0.2) is 0 Å². The normalized spacial score (nSPS) is 11.3. The molecule has 6 heteroatoms. The Morgan fingerprint density at radius 2 is 1.74 bits per heavy atom. The van der Waals surface area contributed by atoms with E-state index in [1.54, 1.807) is 23.5 Å². The van der Waals surface area contributed by atoms with Crippen LogP contribution in [0.2, 0.25) is 0 Å². The lowest BCUT2D eigenvalue weighted by atomic mass is 10.1. The molecule has 27 heavy (non-hydrogen) atoms. The summed E-state index contributed by atoms with van der Waals surface area (Å²) < 4.78 is 3.47. The summed E-state index contributed by atoms with van der Waals surface area (Å²) in [5.41, 5.74) is 6.39. The standard InChI is InChI=1S/C21H20N6/c1-3-17-8-10-18(11-9-17)21-19(12-24-26-14-22-23-15-26)13-27(25-21)20-7-5-4-6-16(20)2/h4-15H,3H2,1-2H3/b24-12-. The summed E-state index contributed by atoms with van der Waals surface area (Å²) in [4.78, 5) is 0. The number of rotatable bonds is 5. The van der Waals surface area contributed by atoms with Crippen LogP contribution in [0.1, 0.15) is 23.6 Å². The SMILES string of the molecule is CCc1ccc(-c2nn(-c3ccccc3C)cc2/C=N\n2cnnc2)cc1. The molecule has 2 aromatic carbocycles. The molecule has 0 atom stereocenters. The van der Waals surface area contributed by atoms with Crippen molar-refractivity contribution < 1.29 is 0 Å². The Kier molecular flexibility index (Phi) is 4.61. The third-order valence-electron chi connectivity index (χ3n) is 4.48. The van der Waals surface area contributed by atoms with Gasteiger partial charge in [0.2, 0.25) is 0 Å². The lowest BCUT2D eigenvalue weighted by Gasteiger charge is -2.05. The van der Waals surface area contributed by atoms with Crippen LogP contribution in [-0.4, -0.2) is 30.9 Å². The van der Waals surface area contributed by atoms with Crippen LogP contribution < -0.4 is 0 Å². The predicted molar refractivity (Wildman–Crippen MR) is 106 cm³/mol. The topological polar surface area (TPSA) is 60.9 Å². The number of hydrogen-bond acceptors (Lipinski definition) is 4. The molecule has 0 unspecified atom stereocenters. The number of hydrogen-bond donors (Lipinski definition) is 0. The Morgan fingerprint density at radius 3 is 2.44 bits per heavy atom. The first-order chi connectivity index (χ1) is 13.2. The second kappa shape index (κ2) is 7.37. The first-order valence-corrected chi connectivity index (χ1v) is 8.88. The monoisotopic (exact) mass is 356 g/mol. The number of aryl methyl sites for hydroxylation is 2. The van der Waals surface area contributed by atoms with Crippen LogP contribution in [0.15, 0.2) is 72.5 Å². The highest BCUT2D eigenvalue weighted by atomic mass is 15.4. The summed E-state index contributed by atoms with van der Waals surface area (Å²) >= 11 is 0. The summed E-state index contributed by atoms with van der Waals surface area (Å²) in [6, 6.07) is 16.7. The quantitative estimate of drug-likeness (QED) is 0.510. The summed E-state index contributed by atoms with van der Waals surface area (Å²) in [5.74, 6) is 0. The average molecular weight is 356 g/mol. The highest BCUT2D eigenvalue weighted by Gasteiger charge is 2.12. The van der Waals surface area contributed by atoms with E-state index in [0.717, 1.165) is 34.5 Å². The lowest BCUT2D eigenvalue weighted by Crippen LogP contribution is -1.97. The minimum absolute atomic E-state index is 0.887. The molecule has 0 aliphatic carbocycles. The minimum Gasteiger partial charge on any atom is -0.239 e. The van der Waals surface area contributed by atoms with Crippen LogP contribution >= 0.6 is 0 Å². The smallest absolute Gasteiger partial charge is 0.141 e. The van der Waals surface area contributed by atoms with Crippen molar-refractivity contribution in [3.05, 3.63) is 84.1 Å². The average Bonchev–Trinajstić information content (AvgIpc) is 3.37. The molecule has 0 fully saturated rings. The Balaban J connectivity index is 1.80. The number of aromatic nitrogens is 5. The van der Waals surface area contributed by atoms with Gasteiger partial charge in [-0.3, -0.25) is 0 Å². The van der Waals surface area contributed by atoms with Gasteiger partial charge in [-0.25, -0.2) is 9.36 Å². The van der Waals surface area contributed by atoms with Gasteiger partial charge in [-0.2, -0.15) is 10.2 Å². The molecule has 2 aromatic heterocycles. The number of benzene rings is 2. The summed E-state index contributed by atoms with van der Waals surface area (Å²) in [7, 11) is 0. The predicted octanol–water partition coefficient (Wildman–Crippen LogP) is 3.88. The van der Waals surface area contributed by atoms with E-state index in [4.69, 9.17) is 5.10 Å². The van der Waals surface area contributed by atoms with E-state index in [0.29, 0.717) is 0 Å². The van der Waals surface area contributed by atoms with Crippen molar-refractivity contribution in [1.29, 1.82) is 0 Å². The maximum atomic E-state index is 4.85. The fourth-order valence-electron chi connectivity index (χ4n) is 2.93. The third kappa shape index (κ3) is 3.55. The molecule has 6 nitrogen and oxygen atoms in total. The largest absolute Gasteiger partial charge is 0.239 e. The van der Waals surface area contributed by atoms with Gasteiger partial charge in [0.05, 0.1) is 11.9 Å². The maximum absolute atomic E-state index is 4.85. The number of nitrogens with zero attached hydrogens (tertiary/aromatic N) is 6. The summed E-state index contributed by atoms with van der Waals surface area (Å²) in [6.45, 7) is 4.23. The molecule has 0 aliphatic heterocycles. The fourth-order valence-corrected chi connectivity index (χ4v) is 2.93. The van der Waals surface area contributed by atoms with E-state index in [1.807, 2.05) is 23.0 Å². The Bertz CT molecular complexity index is 1060. The molecule has 0 amide bonds. The summed E-state index contributed by atoms with van der Waals surface area (Å²) in [5, 5.41) is 16.8. The zero-order chi connectivity index (χ0) is 18.6. The first kappa shape index (κ1) is 16.9. The molecule has 0 saturated heterocycles. The molecule has 134 valence electrons.